The number of thiazole rings is 1. The van der Waals surface area contributed by atoms with Gasteiger partial charge in [0.15, 0.2) is 0 Å². The lowest BCUT2D eigenvalue weighted by Crippen LogP contribution is -2.07. The van der Waals surface area contributed by atoms with E-state index >= 15 is 0 Å². The molecule has 3 nitrogen and oxygen atoms in total. The minimum absolute atomic E-state index is 0.218. The molecule has 2 rings (SSSR count). The van der Waals surface area contributed by atoms with Gasteiger partial charge in [-0.3, -0.25) is 4.79 Å². The summed E-state index contributed by atoms with van der Waals surface area (Å²) in [7, 11) is 0. The van der Waals surface area contributed by atoms with E-state index in [2.05, 4.69) is 4.98 Å². The van der Waals surface area contributed by atoms with E-state index in [0.717, 1.165) is 16.3 Å². The van der Waals surface area contributed by atoms with Gasteiger partial charge >= 0.3 is 5.97 Å². The third kappa shape index (κ3) is 2.68. The molecule has 0 unspecified atom stereocenters. The number of carbonyl (C=O) groups is 1. The maximum absolute atomic E-state index is 11.3. The van der Waals surface area contributed by atoms with Crippen LogP contribution < -0.4 is 0 Å². The van der Waals surface area contributed by atoms with Gasteiger partial charge in [-0.1, -0.05) is 0 Å². The molecule has 2 aromatic rings. The second-order valence-electron chi connectivity index (χ2n) is 3.14. The van der Waals surface area contributed by atoms with Gasteiger partial charge in [-0.15, -0.1) is 11.3 Å². The highest BCUT2D eigenvalue weighted by atomic mass is 32.1. The van der Waals surface area contributed by atoms with Crippen LogP contribution in [-0.4, -0.2) is 17.6 Å². The second kappa shape index (κ2) is 5.23. The number of esters is 1. The number of rotatable bonds is 4. The monoisotopic (exact) mass is 253 g/mol. The van der Waals surface area contributed by atoms with Crippen molar-refractivity contribution in [2.75, 3.05) is 6.61 Å². The summed E-state index contributed by atoms with van der Waals surface area (Å²) in [6, 6.07) is 2.03. The van der Waals surface area contributed by atoms with Crippen molar-refractivity contribution >= 4 is 28.6 Å². The standard InChI is InChI=1S/C11H11NO2S2/c1-2-14-10(13)5-9-7-16-11(12-9)8-3-4-15-6-8/h3-4,6-7H,2,5H2,1H3. The highest BCUT2D eigenvalue weighted by Gasteiger charge is 2.09. The number of hydrogen-bond acceptors (Lipinski definition) is 5. The highest BCUT2D eigenvalue weighted by molar-refractivity contribution is 7.14. The van der Waals surface area contributed by atoms with Gasteiger partial charge in [0.05, 0.1) is 18.7 Å². The zero-order chi connectivity index (χ0) is 11.4. The average molecular weight is 253 g/mol. The van der Waals surface area contributed by atoms with Crippen LogP contribution in [0.2, 0.25) is 0 Å². The van der Waals surface area contributed by atoms with E-state index < -0.39 is 0 Å². The Bertz CT molecular complexity index is 462. The van der Waals surface area contributed by atoms with Gasteiger partial charge in [-0.2, -0.15) is 11.3 Å². The fourth-order valence-corrected chi connectivity index (χ4v) is 2.80. The van der Waals surface area contributed by atoms with Crippen LogP contribution in [0.1, 0.15) is 12.6 Å². The van der Waals surface area contributed by atoms with E-state index in [4.69, 9.17) is 4.74 Å². The van der Waals surface area contributed by atoms with E-state index in [1.54, 1.807) is 29.6 Å². The molecule has 0 atom stereocenters. The Hall–Kier alpha value is -1.20. The van der Waals surface area contributed by atoms with Gasteiger partial charge in [0.25, 0.3) is 0 Å². The predicted octanol–water partition coefficient (Wildman–Crippen LogP) is 2.98. The van der Waals surface area contributed by atoms with Crippen molar-refractivity contribution in [3.8, 4) is 10.6 Å². The number of aromatic nitrogens is 1. The van der Waals surface area contributed by atoms with Crippen LogP contribution in [-0.2, 0) is 16.0 Å². The van der Waals surface area contributed by atoms with Crippen molar-refractivity contribution in [3.63, 3.8) is 0 Å². The van der Waals surface area contributed by atoms with Crippen LogP contribution in [0.4, 0.5) is 0 Å². The van der Waals surface area contributed by atoms with Gasteiger partial charge in [-0.25, -0.2) is 4.98 Å². The van der Waals surface area contributed by atoms with Crippen molar-refractivity contribution in [1.82, 2.24) is 4.98 Å². The van der Waals surface area contributed by atoms with Gasteiger partial charge in [0, 0.05) is 16.3 Å². The Morgan fingerprint density at radius 1 is 1.50 bits per heavy atom. The van der Waals surface area contributed by atoms with Gasteiger partial charge in [0.2, 0.25) is 0 Å². The van der Waals surface area contributed by atoms with E-state index in [-0.39, 0.29) is 12.4 Å². The lowest BCUT2D eigenvalue weighted by molar-refractivity contribution is -0.142. The summed E-state index contributed by atoms with van der Waals surface area (Å²) in [5.74, 6) is -0.218. The van der Waals surface area contributed by atoms with Crippen molar-refractivity contribution in [2.45, 2.75) is 13.3 Å². The van der Waals surface area contributed by atoms with Crippen molar-refractivity contribution in [1.29, 1.82) is 0 Å². The van der Waals surface area contributed by atoms with Crippen LogP contribution in [0.3, 0.4) is 0 Å². The quantitative estimate of drug-likeness (QED) is 0.786. The minimum atomic E-state index is -0.218. The Kier molecular flexibility index (Phi) is 3.69. The molecule has 0 spiro atoms. The fraction of sp³-hybridized carbons (Fsp3) is 0.273. The molecule has 0 amide bonds. The van der Waals surface area contributed by atoms with Crippen LogP contribution in [0, 0.1) is 0 Å². The maximum atomic E-state index is 11.3. The number of hydrogen-bond donors (Lipinski definition) is 0. The largest absolute Gasteiger partial charge is 0.466 e. The number of nitrogens with zero attached hydrogens (tertiary/aromatic N) is 1. The summed E-state index contributed by atoms with van der Waals surface area (Å²) in [6.45, 7) is 2.22. The molecule has 0 saturated carbocycles. The summed E-state index contributed by atoms with van der Waals surface area (Å²) in [5, 5.41) is 6.93. The molecular weight excluding hydrogens is 242 g/mol. The summed E-state index contributed by atoms with van der Waals surface area (Å²) in [5.41, 5.74) is 1.90. The SMILES string of the molecule is CCOC(=O)Cc1csc(-c2ccsc2)n1. The van der Waals surface area contributed by atoms with Gasteiger partial charge in [0.1, 0.15) is 5.01 Å². The molecule has 0 aliphatic heterocycles. The Balaban J connectivity index is 2.06. The van der Waals surface area contributed by atoms with Crippen molar-refractivity contribution in [3.05, 3.63) is 27.9 Å². The van der Waals surface area contributed by atoms with Crippen LogP contribution in [0.5, 0.6) is 0 Å². The molecular formula is C11H11NO2S2. The first-order chi connectivity index (χ1) is 7.79. The topological polar surface area (TPSA) is 39.2 Å². The van der Waals surface area contributed by atoms with E-state index in [9.17, 15) is 4.79 Å². The van der Waals surface area contributed by atoms with E-state index in [0.29, 0.717) is 6.61 Å². The predicted molar refractivity (Wildman–Crippen MR) is 65.8 cm³/mol. The van der Waals surface area contributed by atoms with Crippen molar-refractivity contribution in [2.24, 2.45) is 0 Å². The molecule has 16 heavy (non-hydrogen) atoms. The third-order valence-electron chi connectivity index (χ3n) is 1.95. The highest BCUT2D eigenvalue weighted by Crippen LogP contribution is 2.25. The fourth-order valence-electron chi connectivity index (χ4n) is 1.27. The third-order valence-corrected chi connectivity index (χ3v) is 3.57. The molecule has 5 heteroatoms. The molecule has 0 aliphatic rings. The smallest absolute Gasteiger partial charge is 0.311 e. The number of ether oxygens (including phenoxy) is 1. The number of carbonyl (C=O) groups excluding carboxylic acids is 1. The first-order valence-electron chi connectivity index (χ1n) is 4.92. The Morgan fingerprint density at radius 3 is 3.06 bits per heavy atom. The lowest BCUT2D eigenvalue weighted by Gasteiger charge is -1.97. The summed E-state index contributed by atoms with van der Waals surface area (Å²) < 4.78 is 4.87. The molecule has 0 aromatic carbocycles. The summed E-state index contributed by atoms with van der Waals surface area (Å²) in [4.78, 5) is 15.7. The first kappa shape index (κ1) is 11.3. The molecule has 0 radical (unpaired) electrons. The first-order valence-corrected chi connectivity index (χ1v) is 6.74. The Morgan fingerprint density at radius 2 is 2.38 bits per heavy atom. The second-order valence-corrected chi connectivity index (χ2v) is 4.78. The molecule has 0 saturated heterocycles. The molecule has 0 bridgehead atoms. The molecule has 2 aromatic heterocycles. The van der Waals surface area contributed by atoms with Gasteiger partial charge < -0.3 is 4.74 Å². The summed E-state index contributed by atoms with van der Waals surface area (Å²) >= 11 is 3.20. The molecule has 0 fully saturated rings. The molecule has 0 aliphatic carbocycles. The molecule has 0 N–H and O–H groups in total. The van der Waals surface area contributed by atoms with Crippen LogP contribution >= 0.6 is 22.7 Å². The maximum Gasteiger partial charge on any atom is 0.311 e. The van der Waals surface area contributed by atoms with E-state index in [1.165, 1.54) is 0 Å². The molecule has 84 valence electrons. The van der Waals surface area contributed by atoms with Gasteiger partial charge in [-0.05, 0) is 18.4 Å². The normalized spacial score (nSPS) is 10.3. The van der Waals surface area contributed by atoms with Crippen LogP contribution in [0.25, 0.3) is 10.6 Å². The number of thiophene rings is 1. The zero-order valence-corrected chi connectivity index (χ0v) is 10.4. The summed E-state index contributed by atoms with van der Waals surface area (Å²) in [6.07, 6.45) is 0.258. The minimum Gasteiger partial charge on any atom is -0.466 e. The van der Waals surface area contributed by atoms with E-state index in [1.807, 2.05) is 22.2 Å². The lowest BCUT2D eigenvalue weighted by atomic mass is 10.3. The average Bonchev–Trinajstić information content (AvgIpc) is 2.86. The Labute approximate surface area is 102 Å². The van der Waals surface area contributed by atoms with Crippen LogP contribution in [0.15, 0.2) is 22.2 Å². The van der Waals surface area contributed by atoms with Crippen molar-refractivity contribution < 1.29 is 9.53 Å². The zero-order valence-electron chi connectivity index (χ0n) is 8.80. The molecule has 2 heterocycles.